The van der Waals surface area contributed by atoms with E-state index in [0.717, 1.165) is 25.7 Å². The first-order chi connectivity index (χ1) is 13.8. The average molecular weight is 438 g/mol. The van der Waals surface area contributed by atoms with Gasteiger partial charge in [-0.1, -0.05) is 31.4 Å². The molecule has 0 aliphatic heterocycles. The lowest BCUT2D eigenvalue weighted by atomic mass is 9.87. The number of rotatable bonds is 6. The van der Waals surface area contributed by atoms with Crippen LogP contribution in [-0.4, -0.2) is 32.5 Å². The molecule has 1 aliphatic rings. The number of hydrogen-bond acceptors (Lipinski definition) is 5. The third kappa shape index (κ3) is 5.07. The van der Waals surface area contributed by atoms with Crippen LogP contribution >= 0.6 is 11.6 Å². The molecule has 1 amide bonds. The van der Waals surface area contributed by atoms with E-state index in [4.69, 9.17) is 16.3 Å². The Bertz CT molecular complexity index is 997. The molecule has 0 unspecified atom stereocenters. The maximum absolute atomic E-state index is 13.1. The quantitative estimate of drug-likeness (QED) is 0.715. The molecule has 3 rings (SSSR count). The molecule has 1 heterocycles. The van der Waals surface area contributed by atoms with E-state index in [1.54, 1.807) is 6.07 Å². The minimum Gasteiger partial charge on any atom is -0.495 e. The molecule has 29 heavy (non-hydrogen) atoms. The van der Waals surface area contributed by atoms with E-state index in [0.29, 0.717) is 5.69 Å². The standard InChI is InChI=1S/C20H24ClN3O4S/c1-13-5-3-4-6-16(13)24-29(26,27)19-11-14(7-8-18(19)28-2)20(25)23-17-9-10-22-12-15(17)21/h7-13,16,24H,3-6H2,1-2H3,(H,22,23,25)/t13-,16-/m1/s1. The highest BCUT2D eigenvalue weighted by molar-refractivity contribution is 7.89. The van der Waals surface area contributed by atoms with Crippen molar-refractivity contribution in [2.75, 3.05) is 12.4 Å². The van der Waals surface area contributed by atoms with Crippen molar-refractivity contribution >= 4 is 33.2 Å². The molecule has 0 bridgehead atoms. The second kappa shape index (κ2) is 9.11. The number of nitrogens with one attached hydrogen (secondary N) is 2. The van der Waals surface area contributed by atoms with Crippen LogP contribution in [0.2, 0.25) is 5.02 Å². The van der Waals surface area contributed by atoms with Crippen molar-refractivity contribution in [3.63, 3.8) is 0 Å². The predicted molar refractivity (Wildman–Crippen MR) is 112 cm³/mol. The second-order valence-corrected chi connectivity index (χ2v) is 9.25. The highest BCUT2D eigenvalue weighted by atomic mass is 35.5. The summed E-state index contributed by atoms with van der Waals surface area (Å²) in [4.78, 5) is 16.4. The molecule has 2 aromatic rings. The average Bonchev–Trinajstić information content (AvgIpc) is 2.70. The number of pyridine rings is 1. The molecule has 156 valence electrons. The van der Waals surface area contributed by atoms with Crippen LogP contribution in [0.4, 0.5) is 5.69 Å². The Hall–Kier alpha value is -2.16. The van der Waals surface area contributed by atoms with Gasteiger partial charge in [0.25, 0.3) is 5.91 Å². The first-order valence-electron chi connectivity index (χ1n) is 9.43. The van der Waals surface area contributed by atoms with Crippen molar-refractivity contribution in [1.82, 2.24) is 9.71 Å². The lowest BCUT2D eigenvalue weighted by Crippen LogP contribution is -2.41. The minimum atomic E-state index is -3.86. The number of aromatic nitrogens is 1. The highest BCUT2D eigenvalue weighted by Crippen LogP contribution is 2.29. The number of ether oxygens (including phenoxy) is 1. The Morgan fingerprint density at radius 1 is 1.24 bits per heavy atom. The number of amides is 1. The molecule has 1 aromatic heterocycles. The maximum atomic E-state index is 13.1. The van der Waals surface area contributed by atoms with Crippen LogP contribution in [0, 0.1) is 5.92 Å². The van der Waals surface area contributed by atoms with Crippen LogP contribution in [-0.2, 0) is 10.0 Å². The third-order valence-electron chi connectivity index (χ3n) is 5.15. The number of anilines is 1. The molecule has 1 aliphatic carbocycles. The fourth-order valence-corrected chi connectivity index (χ4v) is 5.19. The van der Waals surface area contributed by atoms with E-state index < -0.39 is 15.9 Å². The molecule has 0 saturated heterocycles. The van der Waals surface area contributed by atoms with Crippen molar-refractivity contribution in [1.29, 1.82) is 0 Å². The lowest BCUT2D eigenvalue weighted by Gasteiger charge is -2.29. The van der Waals surface area contributed by atoms with E-state index in [-0.39, 0.29) is 33.2 Å². The van der Waals surface area contributed by atoms with Crippen LogP contribution in [0.25, 0.3) is 0 Å². The third-order valence-corrected chi connectivity index (χ3v) is 6.97. The summed E-state index contributed by atoms with van der Waals surface area (Å²) in [7, 11) is -2.47. The van der Waals surface area contributed by atoms with Crippen LogP contribution < -0.4 is 14.8 Å². The SMILES string of the molecule is COc1ccc(C(=O)Nc2ccncc2Cl)cc1S(=O)(=O)N[C@@H]1CCCC[C@H]1C. The summed E-state index contributed by atoms with van der Waals surface area (Å²) in [6, 6.07) is 5.73. The van der Waals surface area contributed by atoms with Gasteiger partial charge in [-0.15, -0.1) is 0 Å². The highest BCUT2D eigenvalue weighted by Gasteiger charge is 2.29. The molecule has 1 fully saturated rings. The van der Waals surface area contributed by atoms with Gasteiger partial charge in [0.15, 0.2) is 0 Å². The van der Waals surface area contributed by atoms with Gasteiger partial charge in [0.1, 0.15) is 10.6 Å². The van der Waals surface area contributed by atoms with E-state index >= 15 is 0 Å². The van der Waals surface area contributed by atoms with Crippen LogP contribution in [0.3, 0.4) is 0 Å². The normalized spacial score (nSPS) is 19.6. The number of methoxy groups -OCH3 is 1. The van der Waals surface area contributed by atoms with Gasteiger partial charge in [-0.05, 0) is 43.0 Å². The zero-order valence-corrected chi connectivity index (χ0v) is 17.9. The van der Waals surface area contributed by atoms with Crippen LogP contribution in [0.5, 0.6) is 5.75 Å². The smallest absolute Gasteiger partial charge is 0.255 e. The van der Waals surface area contributed by atoms with Crippen LogP contribution in [0.1, 0.15) is 43.0 Å². The van der Waals surface area contributed by atoms with E-state index in [1.165, 1.54) is 37.7 Å². The summed E-state index contributed by atoms with van der Waals surface area (Å²) in [5.74, 6) is -0.0486. The first-order valence-corrected chi connectivity index (χ1v) is 11.3. The lowest BCUT2D eigenvalue weighted by molar-refractivity contribution is 0.102. The van der Waals surface area contributed by atoms with E-state index in [9.17, 15) is 13.2 Å². The molecule has 2 N–H and O–H groups in total. The van der Waals surface area contributed by atoms with Gasteiger partial charge in [0, 0.05) is 24.0 Å². The second-order valence-electron chi connectivity index (χ2n) is 7.16. The molecule has 9 heteroatoms. The number of benzene rings is 1. The minimum absolute atomic E-state index is 0.0637. The molecule has 2 atom stereocenters. The molecule has 0 radical (unpaired) electrons. The van der Waals surface area contributed by atoms with E-state index in [1.807, 2.05) is 6.92 Å². The Morgan fingerprint density at radius 2 is 2.00 bits per heavy atom. The number of sulfonamides is 1. The zero-order valence-electron chi connectivity index (χ0n) is 16.3. The van der Waals surface area contributed by atoms with Crippen molar-refractivity contribution < 1.29 is 17.9 Å². The van der Waals surface area contributed by atoms with Gasteiger partial charge in [0.2, 0.25) is 10.0 Å². The Labute approximate surface area is 175 Å². The monoisotopic (exact) mass is 437 g/mol. The summed E-state index contributed by atoms with van der Waals surface area (Å²) < 4.78 is 34.2. The number of nitrogens with zero attached hydrogens (tertiary/aromatic N) is 1. The number of hydrogen-bond donors (Lipinski definition) is 2. The van der Waals surface area contributed by atoms with Gasteiger partial charge in [-0.3, -0.25) is 9.78 Å². The predicted octanol–water partition coefficient (Wildman–Crippen LogP) is 3.85. The summed E-state index contributed by atoms with van der Waals surface area (Å²) in [6.45, 7) is 2.05. The molecule has 0 spiro atoms. The number of halogens is 1. The maximum Gasteiger partial charge on any atom is 0.255 e. The van der Waals surface area contributed by atoms with E-state index in [2.05, 4.69) is 15.0 Å². The van der Waals surface area contributed by atoms with Crippen molar-refractivity contribution in [3.05, 3.63) is 47.2 Å². The molecular formula is C20H24ClN3O4S. The molecule has 7 nitrogen and oxygen atoms in total. The largest absolute Gasteiger partial charge is 0.495 e. The Kier molecular flexibility index (Phi) is 6.77. The molecule has 1 saturated carbocycles. The number of carbonyl (C=O) groups excluding carboxylic acids is 1. The van der Waals surface area contributed by atoms with Gasteiger partial charge in [0.05, 0.1) is 17.8 Å². The fourth-order valence-electron chi connectivity index (χ4n) is 3.45. The van der Waals surface area contributed by atoms with Crippen LogP contribution in [0.15, 0.2) is 41.6 Å². The van der Waals surface area contributed by atoms with Crippen molar-refractivity contribution in [2.24, 2.45) is 5.92 Å². The fraction of sp³-hybridized carbons (Fsp3) is 0.400. The number of carbonyl (C=O) groups is 1. The molecule has 1 aromatic carbocycles. The Morgan fingerprint density at radius 3 is 2.69 bits per heavy atom. The van der Waals surface area contributed by atoms with Gasteiger partial charge in [-0.2, -0.15) is 0 Å². The van der Waals surface area contributed by atoms with Crippen molar-refractivity contribution in [2.45, 2.75) is 43.5 Å². The first kappa shape index (κ1) is 21.5. The molecular weight excluding hydrogens is 414 g/mol. The summed E-state index contributed by atoms with van der Waals surface area (Å²) in [5.41, 5.74) is 0.566. The van der Waals surface area contributed by atoms with Gasteiger partial charge >= 0.3 is 0 Å². The topological polar surface area (TPSA) is 97.4 Å². The zero-order chi connectivity index (χ0) is 21.0. The van der Waals surface area contributed by atoms with Gasteiger partial charge < -0.3 is 10.1 Å². The summed E-state index contributed by atoms with van der Waals surface area (Å²) in [5, 5.41) is 2.95. The Balaban J connectivity index is 1.88. The summed E-state index contributed by atoms with van der Waals surface area (Å²) in [6.07, 6.45) is 6.79. The van der Waals surface area contributed by atoms with Gasteiger partial charge in [-0.25, -0.2) is 13.1 Å². The summed E-state index contributed by atoms with van der Waals surface area (Å²) >= 11 is 6.03. The van der Waals surface area contributed by atoms with Crippen molar-refractivity contribution in [3.8, 4) is 5.75 Å².